The van der Waals surface area contributed by atoms with Crippen LogP contribution in [-0.2, 0) is 4.79 Å². The van der Waals surface area contributed by atoms with Gasteiger partial charge in [0.05, 0.1) is 5.92 Å². The van der Waals surface area contributed by atoms with Gasteiger partial charge in [-0.15, -0.1) is 0 Å². The first kappa shape index (κ1) is 15.8. The molecule has 1 aromatic rings. The summed E-state index contributed by atoms with van der Waals surface area (Å²) < 4.78 is 0. The van der Waals surface area contributed by atoms with Crippen molar-refractivity contribution in [3.05, 3.63) is 29.3 Å². The fourth-order valence-corrected chi connectivity index (χ4v) is 3.67. The van der Waals surface area contributed by atoms with E-state index in [1.165, 1.54) is 6.07 Å². The molecule has 5 nitrogen and oxygen atoms in total. The van der Waals surface area contributed by atoms with Crippen molar-refractivity contribution < 1.29 is 14.7 Å². The number of benzene rings is 1. The minimum absolute atomic E-state index is 0.0803. The molecule has 1 N–H and O–H groups in total. The first-order valence-corrected chi connectivity index (χ1v) is 8.40. The zero-order valence-corrected chi connectivity index (χ0v) is 13.8. The quantitative estimate of drug-likeness (QED) is 0.930. The number of fused-ring (bicyclic) bond motifs is 4. The monoisotopic (exact) mass is 316 g/mol. The van der Waals surface area contributed by atoms with Gasteiger partial charge in [0.25, 0.3) is 5.91 Å². The molecule has 124 valence electrons. The van der Waals surface area contributed by atoms with Crippen LogP contribution in [-0.4, -0.2) is 52.4 Å². The summed E-state index contributed by atoms with van der Waals surface area (Å²) in [6.45, 7) is 5.73. The summed E-state index contributed by atoms with van der Waals surface area (Å²) in [4.78, 5) is 29.1. The van der Waals surface area contributed by atoms with Crippen molar-refractivity contribution in [2.75, 3.05) is 19.6 Å². The third-order valence-corrected chi connectivity index (χ3v) is 5.00. The molecular weight excluding hydrogens is 292 g/mol. The summed E-state index contributed by atoms with van der Waals surface area (Å²) in [5.41, 5.74) is 1.24. The number of hydrogen-bond acceptors (Lipinski definition) is 3. The summed E-state index contributed by atoms with van der Waals surface area (Å²) in [6, 6.07) is 5.15. The second-order valence-corrected chi connectivity index (χ2v) is 6.67. The molecule has 3 aliphatic heterocycles. The van der Waals surface area contributed by atoms with Crippen LogP contribution in [0.4, 0.5) is 0 Å². The lowest BCUT2D eigenvalue weighted by molar-refractivity contribution is -0.139. The molecule has 0 radical (unpaired) electrons. The standard InChI is InChI=1S/C18H24N2O3/c1-3-8-20-15-7-6-14(18(20)23)10-19(11-15)17(22)13-5-4-12(2)16(21)9-13/h4-5,9,14-15,21H,3,6-8,10-11H2,1-2H3. The molecule has 3 aliphatic rings. The fourth-order valence-electron chi connectivity index (χ4n) is 3.67. The minimum atomic E-state index is -0.0941. The smallest absolute Gasteiger partial charge is 0.254 e. The van der Waals surface area contributed by atoms with Gasteiger partial charge < -0.3 is 14.9 Å². The average Bonchev–Trinajstić information content (AvgIpc) is 2.82. The van der Waals surface area contributed by atoms with Gasteiger partial charge in [0.2, 0.25) is 5.91 Å². The Morgan fingerprint density at radius 2 is 2.09 bits per heavy atom. The number of piperidine rings is 1. The number of phenolic OH excluding ortho intramolecular Hbond substituents is 1. The summed E-state index contributed by atoms with van der Waals surface area (Å²) in [5.74, 6) is 0.161. The van der Waals surface area contributed by atoms with Crippen LogP contribution < -0.4 is 0 Å². The van der Waals surface area contributed by atoms with Gasteiger partial charge in [-0.05, 0) is 43.9 Å². The predicted octanol–water partition coefficient (Wildman–Crippen LogP) is 2.17. The highest BCUT2D eigenvalue weighted by Crippen LogP contribution is 2.30. The van der Waals surface area contributed by atoms with Crippen molar-refractivity contribution in [2.45, 2.75) is 39.2 Å². The number of nitrogens with zero attached hydrogens (tertiary/aromatic N) is 2. The number of aromatic hydroxyl groups is 1. The van der Waals surface area contributed by atoms with Crippen LogP contribution in [0.15, 0.2) is 18.2 Å². The molecule has 1 aromatic carbocycles. The third-order valence-electron chi connectivity index (χ3n) is 5.00. The highest BCUT2D eigenvalue weighted by atomic mass is 16.3. The zero-order valence-electron chi connectivity index (χ0n) is 13.8. The molecular formula is C18H24N2O3. The van der Waals surface area contributed by atoms with Crippen molar-refractivity contribution in [3.63, 3.8) is 0 Å². The van der Waals surface area contributed by atoms with E-state index >= 15 is 0 Å². The molecule has 2 unspecified atom stereocenters. The number of phenols is 1. The SMILES string of the molecule is CCCN1C(=O)C2CCC1CN(C(=O)c1ccc(C)c(O)c1)C2. The Bertz CT molecular complexity index is 629. The summed E-state index contributed by atoms with van der Waals surface area (Å²) in [6.07, 6.45) is 2.78. The van der Waals surface area contributed by atoms with Crippen LogP contribution in [0, 0.1) is 12.8 Å². The molecule has 5 heteroatoms. The molecule has 2 amide bonds. The maximum atomic E-state index is 12.8. The molecule has 0 aliphatic carbocycles. The molecule has 4 rings (SSSR count). The first-order chi connectivity index (χ1) is 11.0. The van der Waals surface area contributed by atoms with E-state index in [1.54, 1.807) is 24.0 Å². The van der Waals surface area contributed by atoms with E-state index < -0.39 is 0 Å². The van der Waals surface area contributed by atoms with E-state index in [2.05, 4.69) is 6.92 Å². The zero-order chi connectivity index (χ0) is 16.6. The normalized spacial score (nSPS) is 24.0. The van der Waals surface area contributed by atoms with E-state index in [-0.39, 0.29) is 29.5 Å². The molecule has 2 bridgehead atoms. The topological polar surface area (TPSA) is 60.9 Å². The Balaban J connectivity index is 1.82. The van der Waals surface area contributed by atoms with Crippen LogP contribution in [0.2, 0.25) is 0 Å². The van der Waals surface area contributed by atoms with E-state index in [4.69, 9.17) is 0 Å². The fraction of sp³-hybridized carbons (Fsp3) is 0.556. The van der Waals surface area contributed by atoms with E-state index in [0.717, 1.165) is 31.4 Å². The highest BCUT2D eigenvalue weighted by Gasteiger charge is 2.41. The van der Waals surface area contributed by atoms with E-state index in [1.807, 2.05) is 4.90 Å². The van der Waals surface area contributed by atoms with Gasteiger partial charge >= 0.3 is 0 Å². The van der Waals surface area contributed by atoms with Gasteiger partial charge in [-0.3, -0.25) is 9.59 Å². The molecule has 3 heterocycles. The van der Waals surface area contributed by atoms with Crippen LogP contribution in [0.3, 0.4) is 0 Å². The van der Waals surface area contributed by atoms with Gasteiger partial charge in [0.15, 0.2) is 0 Å². The van der Waals surface area contributed by atoms with Crippen molar-refractivity contribution in [3.8, 4) is 5.75 Å². The number of aryl methyl sites for hydroxylation is 1. The lowest BCUT2D eigenvalue weighted by Gasteiger charge is -2.35. The number of rotatable bonds is 3. The van der Waals surface area contributed by atoms with Gasteiger partial charge in [-0.2, -0.15) is 0 Å². The van der Waals surface area contributed by atoms with Crippen LogP contribution in [0.25, 0.3) is 0 Å². The lowest BCUT2D eigenvalue weighted by Crippen LogP contribution is -2.48. The summed E-state index contributed by atoms with van der Waals surface area (Å²) in [7, 11) is 0. The maximum Gasteiger partial charge on any atom is 0.254 e. The largest absolute Gasteiger partial charge is 0.508 e. The molecule has 23 heavy (non-hydrogen) atoms. The third kappa shape index (κ3) is 2.92. The van der Waals surface area contributed by atoms with Crippen molar-refractivity contribution in [1.82, 2.24) is 9.80 Å². The number of hydrogen-bond donors (Lipinski definition) is 1. The summed E-state index contributed by atoms with van der Waals surface area (Å²) in [5, 5.41) is 9.84. The lowest BCUT2D eigenvalue weighted by atomic mass is 9.94. The second-order valence-electron chi connectivity index (χ2n) is 6.67. The minimum Gasteiger partial charge on any atom is -0.508 e. The number of carbonyl (C=O) groups excluding carboxylic acids is 2. The number of amides is 2. The van der Waals surface area contributed by atoms with Crippen LogP contribution in [0.5, 0.6) is 5.75 Å². The van der Waals surface area contributed by atoms with Crippen molar-refractivity contribution >= 4 is 11.8 Å². The second kappa shape index (κ2) is 6.22. The average molecular weight is 316 g/mol. The molecule has 3 fully saturated rings. The first-order valence-electron chi connectivity index (χ1n) is 8.40. The predicted molar refractivity (Wildman–Crippen MR) is 87.3 cm³/mol. The molecule has 0 saturated carbocycles. The van der Waals surface area contributed by atoms with Crippen LogP contribution >= 0.6 is 0 Å². The van der Waals surface area contributed by atoms with Gasteiger partial charge in [-0.25, -0.2) is 0 Å². The van der Waals surface area contributed by atoms with Crippen LogP contribution in [0.1, 0.15) is 42.1 Å². The van der Waals surface area contributed by atoms with Gasteiger partial charge in [-0.1, -0.05) is 13.0 Å². The molecule has 0 spiro atoms. The maximum absolute atomic E-state index is 12.8. The Morgan fingerprint density at radius 1 is 1.30 bits per heavy atom. The Kier molecular flexibility index (Phi) is 4.28. The van der Waals surface area contributed by atoms with E-state index in [0.29, 0.717) is 18.7 Å². The van der Waals surface area contributed by atoms with Crippen molar-refractivity contribution in [1.29, 1.82) is 0 Å². The number of carbonyl (C=O) groups is 2. The summed E-state index contributed by atoms with van der Waals surface area (Å²) >= 11 is 0. The molecule has 3 saturated heterocycles. The highest BCUT2D eigenvalue weighted by molar-refractivity contribution is 5.95. The Hall–Kier alpha value is -2.04. The Morgan fingerprint density at radius 3 is 2.78 bits per heavy atom. The molecule has 0 aromatic heterocycles. The van der Waals surface area contributed by atoms with Gasteiger partial charge in [0, 0.05) is 31.2 Å². The molecule has 2 atom stereocenters. The van der Waals surface area contributed by atoms with Gasteiger partial charge in [0.1, 0.15) is 5.75 Å². The van der Waals surface area contributed by atoms with Crippen molar-refractivity contribution in [2.24, 2.45) is 5.92 Å². The van der Waals surface area contributed by atoms with E-state index in [9.17, 15) is 14.7 Å². The Labute approximate surface area is 136 Å².